The quantitative estimate of drug-likeness (QED) is 0.305. The summed E-state index contributed by atoms with van der Waals surface area (Å²) in [5.41, 5.74) is -0.119. The van der Waals surface area contributed by atoms with Crippen LogP contribution in [0.4, 0.5) is 22.0 Å². The van der Waals surface area contributed by atoms with Crippen molar-refractivity contribution in [3.05, 3.63) is 64.5 Å². The van der Waals surface area contributed by atoms with Gasteiger partial charge in [-0.1, -0.05) is 0 Å². The van der Waals surface area contributed by atoms with Crippen molar-refractivity contribution in [3.63, 3.8) is 0 Å². The highest BCUT2D eigenvalue weighted by Crippen LogP contribution is 2.32. The van der Waals surface area contributed by atoms with Gasteiger partial charge in [-0.2, -0.15) is 13.2 Å². The van der Waals surface area contributed by atoms with Gasteiger partial charge in [0.1, 0.15) is 27.7 Å². The van der Waals surface area contributed by atoms with Gasteiger partial charge in [0.25, 0.3) is 5.56 Å². The maximum atomic E-state index is 14.6. The normalized spacial score (nSPS) is 11.9. The molecule has 5 nitrogen and oxygen atoms in total. The molecule has 0 unspecified atom stereocenters. The molecule has 0 atom stereocenters. The van der Waals surface area contributed by atoms with Gasteiger partial charge in [0, 0.05) is 16.7 Å². The third kappa shape index (κ3) is 4.44. The molecular weight excluding hydrogens is 459 g/mol. The summed E-state index contributed by atoms with van der Waals surface area (Å²) in [5.74, 6) is -2.51. The second-order valence-electron chi connectivity index (χ2n) is 6.46. The van der Waals surface area contributed by atoms with E-state index in [0.717, 1.165) is 34.5 Å². The second-order valence-corrected chi connectivity index (χ2v) is 8.47. The molecular formula is C19H11F5N4OS2. The van der Waals surface area contributed by atoms with E-state index in [1.807, 2.05) is 0 Å². The molecule has 160 valence electrons. The molecule has 0 aliphatic rings. The fourth-order valence-corrected chi connectivity index (χ4v) is 4.51. The average Bonchev–Trinajstić information content (AvgIpc) is 3.13. The molecule has 0 radical (unpaired) electrons. The van der Waals surface area contributed by atoms with Crippen LogP contribution in [0.25, 0.3) is 26.6 Å². The van der Waals surface area contributed by atoms with Crippen molar-refractivity contribution in [2.24, 2.45) is 0 Å². The number of halogens is 5. The van der Waals surface area contributed by atoms with E-state index in [9.17, 15) is 26.7 Å². The van der Waals surface area contributed by atoms with Crippen LogP contribution in [0.15, 0.2) is 46.6 Å². The zero-order valence-corrected chi connectivity index (χ0v) is 17.2. The number of aromatic nitrogens is 4. The second kappa shape index (κ2) is 8.00. The summed E-state index contributed by atoms with van der Waals surface area (Å²) in [4.78, 5) is 25.1. The van der Waals surface area contributed by atoms with Crippen molar-refractivity contribution in [2.75, 3.05) is 5.75 Å². The molecule has 0 saturated carbocycles. The Labute approximate surface area is 179 Å². The minimum atomic E-state index is -4.40. The summed E-state index contributed by atoms with van der Waals surface area (Å²) in [6, 6.07) is 3.46. The SMILES string of the molecule is Cc1cc(F)c(-n2cnc3nc(-c4cncc(F)c4)sc3c2=O)cc1SCC(F)(F)F. The van der Waals surface area contributed by atoms with Gasteiger partial charge >= 0.3 is 6.18 Å². The molecule has 0 fully saturated rings. The number of benzene rings is 1. The summed E-state index contributed by atoms with van der Waals surface area (Å²) >= 11 is 1.44. The summed E-state index contributed by atoms with van der Waals surface area (Å²) < 4.78 is 66.8. The lowest BCUT2D eigenvalue weighted by Crippen LogP contribution is -2.19. The lowest BCUT2D eigenvalue weighted by molar-refractivity contribution is -0.105. The molecule has 12 heteroatoms. The van der Waals surface area contributed by atoms with Crippen LogP contribution >= 0.6 is 23.1 Å². The highest BCUT2D eigenvalue weighted by Gasteiger charge is 2.28. The van der Waals surface area contributed by atoms with Crippen molar-refractivity contribution >= 4 is 33.4 Å². The molecule has 4 aromatic rings. The van der Waals surface area contributed by atoms with Crippen LogP contribution < -0.4 is 5.56 Å². The van der Waals surface area contributed by atoms with E-state index in [1.165, 1.54) is 25.3 Å². The number of thiazole rings is 1. The minimum Gasteiger partial charge on any atom is -0.267 e. The number of alkyl halides is 3. The summed E-state index contributed by atoms with van der Waals surface area (Å²) in [7, 11) is 0. The fourth-order valence-electron chi connectivity index (χ4n) is 2.78. The number of aryl methyl sites for hydroxylation is 1. The van der Waals surface area contributed by atoms with Crippen molar-refractivity contribution in [1.29, 1.82) is 0 Å². The third-order valence-electron chi connectivity index (χ3n) is 4.16. The molecule has 1 aromatic carbocycles. The Kier molecular flexibility index (Phi) is 5.52. The molecule has 0 spiro atoms. The van der Waals surface area contributed by atoms with Crippen molar-refractivity contribution in [2.45, 2.75) is 18.0 Å². The molecule has 0 aliphatic carbocycles. The molecule has 0 aliphatic heterocycles. The van der Waals surface area contributed by atoms with E-state index in [1.54, 1.807) is 0 Å². The largest absolute Gasteiger partial charge is 0.398 e. The predicted octanol–water partition coefficient (Wildman–Crippen LogP) is 5.15. The first-order valence-electron chi connectivity index (χ1n) is 8.61. The van der Waals surface area contributed by atoms with Crippen LogP contribution in [0.3, 0.4) is 0 Å². The van der Waals surface area contributed by atoms with Gasteiger partial charge in [-0.25, -0.2) is 18.7 Å². The number of nitrogens with zero attached hydrogens (tertiary/aromatic N) is 4. The Bertz CT molecular complexity index is 1350. The molecule has 0 amide bonds. The molecule has 31 heavy (non-hydrogen) atoms. The van der Waals surface area contributed by atoms with Crippen molar-refractivity contribution < 1.29 is 22.0 Å². The highest BCUT2D eigenvalue weighted by atomic mass is 32.2. The van der Waals surface area contributed by atoms with Gasteiger partial charge in [-0.05, 0) is 30.7 Å². The number of thioether (sulfide) groups is 1. The average molecular weight is 470 g/mol. The Hall–Kier alpha value is -2.86. The Morgan fingerprint density at radius 1 is 1.16 bits per heavy atom. The molecule has 0 N–H and O–H groups in total. The zero-order valence-electron chi connectivity index (χ0n) is 15.6. The topological polar surface area (TPSA) is 60.7 Å². The lowest BCUT2D eigenvalue weighted by Gasteiger charge is -2.12. The first-order valence-corrected chi connectivity index (χ1v) is 10.4. The predicted molar refractivity (Wildman–Crippen MR) is 108 cm³/mol. The van der Waals surface area contributed by atoms with Gasteiger partial charge in [0.2, 0.25) is 0 Å². The maximum absolute atomic E-state index is 14.6. The molecule has 3 heterocycles. The van der Waals surface area contributed by atoms with E-state index >= 15 is 0 Å². The lowest BCUT2D eigenvalue weighted by atomic mass is 10.2. The van der Waals surface area contributed by atoms with E-state index < -0.39 is 29.1 Å². The fraction of sp³-hybridized carbons (Fsp3) is 0.158. The van der Waals surface area contributed by atoms with Crippen LogP contribution in [0, 0.1) is 18.6 Å². The molecule has 4 rings (SSSR count). The molecule has 0 bridgehead atoms. The van der Waals surface area contributed by atoms with E-state index in [-0.39, 0.29) is 20.9 Å². The van der Waals surface area contributed by atoms with E-state index in [2.05, 4.69) is 15.0 Å². The van der Waals surface area contributed by atoms with E-state index in [0.29, 0.717) is 27.9 Å². The summed E-state index contributed by atoms with van der Waals surface area (Å²) in [6.45, 7) is 1.48. The van der Waals surface area contributed by atoms with Gasteiger partial charge in [-0.3, -0.25) is 14.3 Å². The van der Waals surface area contributed by atoms with Crippen LogP contribution in [-0.4, -0.2) is 31.4 Å². The van der Waals surface area contributed by atoms with Crippen molar-refractivity contribution in [1.82, 2.24) is 19.5 Å². The standard InChI is InChI=1S/C19H11F5N4OS2/c1-9-2-12(21)13(4-14(9)30-7-19(22,23)24)28-8-26-16-15(18(28)29)31-17(27-16)10-3-11(20)6-25-5-10/h2-6,8H,7H2,1H3. The molecule has 3 aromatic heterocycles. The zero-order chi connectivity index (χ0) is 22.3. The number of fused-ring (bicyclic) bond motifs is 1. The van der Waals surface area contributed by atoms with Gasteiger partial charge in [0.05, 0.1) is 17.6 Å². The Balaban J connectivity index is 1.79. The van der Waals surface area contributed by atoms with Gasteiger partial charge in [0.15, 0.2) is 5.65 Å². The van der Waals surface area contributed by atoms with Crippen LogP contribution in [-0.2, 0) is 0 Å². The Morgan fingerprint density at radius 2 is 1.94 bits per heavy atom. The first kappa shape index (κ1) is 21.4. The number of pyridine rings is 1. The van der Waals surface area contributed by atoms with Crippen LogP contribution in [0.5, 0.6) is 0 Å². The Morgan fingerprint density at radius 3 is 2.65 bits per heavy atom. The maximum Gasteiger partial charge on any atom is 0.398 e. The molecule has 0 saturated heterocycles. The highest BCUT2D eigenvalue weighted by molar-refractivity contribution is 7.99. The number of hydrogen-bond donors (Lipinski definition) is 0. The van der Waals surface area contributed by atoms with Crippen LogP contribution in [0.1, 0.15) is 5.56 Å². The number of rotatable bonds is 4. The first-order chi connectivity index (χ1) is 14.6. The van der Waals surface area contributed by atoms with Crippen molar-refractivity contribution in [3.8, 4) is 16.3 Å². The van der Waals surface area contributed by atoms with E-state index in [4.69, 9.17) is 0 Å². The van der Waals surface area contributed by atoms with Gasteiger partial charge < -0.3 is 0 Å². The number of hydrogen-bond acceptors (Lipinski definition) is 6. The third-order valence-corrected chi connectivity index (χ3v) is 6.47. The van der Waals surface area contributed by atoms with Gasteiger partial charge in [-0.15, -0.1) is 23.1 Å². The summed E-state index contributed by atoms with van der Waals surface area (Å²) in [5, 5.41) is 0.301. The van der Waals surface area contributed by atoms with Crippen LogP contribution in [0.2, 0.25) is 0 Å². The smallest absolute Gasteiger partial charge is 0.267 e. The minimum absolute atomic E-state index is 0.0877. The summed E-state index contributed by atoms with van der Waals surface area (Å²) in [6.07, 6.45) is -0.933. The monoisotopic (exact) mass is 470 g/mol.